The number of ether oxygens (including phenoxy) is 2. The van der Waals surface area contributed by atoms with Crippen molar-refractivity contribution in [2.75, 3.05) is 31.6 Å². The highest BCUT2D eigenvalue weighted by Gasteiger charge is 2.24. The number of benzene rings is 1. The number of hydrogen-bond donors (Lipinski definition) is 1. The first-order chi connectivity index (χ1) is 12.5. The van der Waals surface area contributed by atoms with E-state index in [0.29, 0.717) is 18.3 Å². The Labute approximate surface area is 157 Å². The van der Waals surface area contributed by atoms with Crippen LogP contribution < -0.4 is 10.1 Å². The van der Waals surface area contributed by atoms with E-state index in [9.17, 15) is 4.79 Å². The molecule has 8 heteroatoms. The summed E-state index contributed by atoms with van der Waals surface area (Å²) in [6.45, 7) is 8.39. The molecule has 7 nitrogen and oxygen atoms in total. The molecule has 1 saturated heterocycles. The highest BCUT2D eigenvalue weighted by molar-refractivity contribution is 7.18. The van der Waals surface area contributed by atoms with Crippen LogP contribution in [0.1, 0.15) is 20.8 Å². The summed E-state index contributed by atoms with van der Waals surface area (Å²) in [4.78, 5) is 14.4. The lowest BCUT2D eigenvalue weighted by Crippen LogP contribution is -2.48. The summed E-state index contributed by atoms with van der Waals surface area (Å²) < 4.78 is 11.3. The summed E-state index contributed by atoms with van der Waals surface area (Å²) in [7, 11) is 0. The first-order valence-corrected chi connectivity index (χ1v) is 9.60. The van der Waals surface area contributed by atoms with Crippen molar-refractivity contribution in [2.24, 2.45) is 0 Å². The van der Waals surface area contributed by atoms with Crippen LogP contribution in [0.3, 0.4) is 0 Å². The molecule has 2 heterocycles. The third-order valence-corrected chi connectivity index (χ3v) is 4.82. The van der Waals surface area contributed by atoms with Gasteiger partial charge < -0.3 is 9.47 Å². The molecule has 2 atom stereocenters. The van der Waals surface area contributed by atoms with Crippen LogP contribution in [0.15, 0.2) is 24.3 Å². The van der Waals surface area contributed by atoms with Gasteiger partial charge in [0, 0.05) is 13.1 Å². The molecule has 0 saturated carbocycles. The van der Waals surface area contributed by atoms with Crippen molar-refractivity contribution in [1.82, 2.24) is 15.1 Å². The van der Waals surface area contributed by atoms with Crippen LogP contribution in [0.25, 0.3) is 10.6 Å². The lowest BCUT2D eigenvalue weighted by molar-refractivity contribution is -0.121. The average Bonchev–Trinajstić information content (AvgIpc) is 3.02. The Morgan fingerprint density at radius 3 is 2.77 bits per heavy atom. The van der Waals surface area contributed by atoms with Crippen molar-refractivity contribution in [1.29, 1.82) is 0 Å². The molecule has 0 radical (unpaired) electrons. The van der Waals surface area contributed by atoms with E-state index in [2.05, 4.69) is 20.4 Å². The third-order valence-electron chi connectivity index (χ3n) is 3.95. The van der Waals surface area contributed by atoms with E-state index >= 15 is 0 Å². The fraction of sp³-hybridized carbons (Fsp3) is 0.500. The van der Waals surface area contributed by atoms with Gasteiger partial charge in [0.05, 0.1) is 30.9 Å². The van der Waals surface area contributed by atoms with Gasteiger partial charge in [-0.15, -0.1) is 10.2 Å². The molecule has 0 unspecified atom stereocenters. The number of nitrogens with zero attached hydrogens (tertiary/aromatic N) is 3. The highest BCUT2D eigenvalue weighted by atomic mass is 32.1. The van der Waals surface area contributed by atoms with E-state index in [4.69, 9.17) is 9.47 Å². The molecule has 1 aromatic carbocycles. The average molecular weight is 376 g/mol. The van der Waals surface area contributed by atoms with E-state index in [1.807, 2.05) is 45.0 Å². The molecule has 0 bridgehead atoms. The molecule has 1 aliphatic heterocycles. The molecule has 3 rings (SSSR count). The monoisotopic (exact) mass is 376 g/mol. The molecule has 0 aliphatic carbocycles. The fourth-order valence-corrected chi connectivity index (χ4v) is 3.87. The number of carbonyl (C=O) groups is 1. The lowest BCUT2D eigenvalue weighted by Gasteiger charge is -2.34. The first kappa shape index (κ1) is 18.8. The molecule has 2 aromatic rings. The third kappa shape index (κ3) is 4.78. The van der Waals surface area contributed by atoms with Crippen molar-refractivity contribution in [3.8, 4) is 16.3 Å². The summed E-state index contributed by atoms with van der Waals surface area (Å²) >= 11 is 1.34. The van der Waals surface area contributed by atoms with Gasteiger partial charge in [0.25, 0.3) is 0 Å². The normalized spacial score (nSPS) is 20.7. The summed E-state index contributed by atoms with van der Waals surface area (Å²) in [5.74, 6) is 0.674. The van der Waals surface area contributed by atoms with Crippen molar-refractivity contribution in [3.05, 3.63) is 24.3 Å². The van der Waals surface area contributed by atoms with Gasteiger partial charge in [0.2, 0.25) is 11.0 Å². The Bertz CT molecular complexity index is 742. The van der Waals surface area contributed by atoms with E-state index in [1.165, 1.54) is 11.3 Å². The number of rotatable bonds is 6. The number of carbonyl (C=O) groups excluding carboxylic acids is 1. The predicted octanol–water partition coefficient (Wildman–Crippen LogP) is 2.65. The number of morpholine rings is 1. The number of aromatic nitrogens is 2. The Balaban J connectivity index is 1.62. The SMILES string of the molecule is CCOc1ccccc1-c1nnc(NC(=O)CN2C[C@H](C)O[C@@H](C)C2)s1. The Hall–Kier alpha value is -2.03. The molecular formula is C18H24N4O3S. The molecular weight excluding hydrogens is 352 g/mol. The largest absolute Gasteiger partial charge is 0.493 e. The zero-order valence-corrected chi connectivity index (χ0v) is 16.1. The predicted molar refractivity (Wildman–Crippen MR) is 102 cm³/mol. The minimum atomic E-state index is -0.0907. The van der Waals surface area contributed by atoms with Crippen LogP contribution in [0.4, 0.5) is 5.13 Å². The second kappa shape index (κ2) is 8.57. The molecule has 1 amide bonds. The maximum Gasteiger partial charge on any atom is 0.240 e. The first-order valence-electron chi connectivity index (χ1n) is 8.78. The smallest absolute Gasteiger partial charge is 0.240 e. The summed E-state index contributed by atoms with van der Waals surface area (Å²) in [6.07, 6.45) is 0.268. The van der Waals surface area contributed by atoms with E-state index < -0.39 is 0 Å². The minimum absolute atomic E-state index is 0.0907. The Morgan fingerprint density at radius 1 is 1.31 bits per heavy atom. The van der Waals surface area contributed by atoms with Crippen LogP contribution in [0.5, 0.6) is 5.75 Å². The quantitative estimate of drug-likeness (QED) is 0.835. The molecule has 1 fully saturated rings. The van der Waals surface area contributed by atoms with Gasteiger partial charge in [-0.2, -0.15) is 0 Å². The summed E-state index contributed by atoms with van der Waals surface area (Å²) in [5, 5.41) is 12.3. The molecule has 1 aliphatic rings. The molecule has 140 valence electrons. The zero-order valence-electron chi connectivity index (χ0n) is 15.3. The van der Waals surface area contributed by atoms with E-state index in [1.54, 1.807) is 0 Å². The Kier molecular flexibility index (Phi) is 6.18. The van der Waals surface area contributed by atoms with Gasteiger partial charge in [0.15, 0.2) is 5.01 Å². The number of hydrogen-bond acceptors (Lipinski definition) is 7. The fourth-order valence-electron chi connectivity index (χ4n) is 3.08. The van der Waals surface area contributed by atoms with E-state index in [0.717, 1.165) is 29.4 Å². The van der Waals surface area contributed by atoms with Gasteiger partial charge in [0.1, 0.15) is 5.75 Å². The van der Waals surface area contributed by atoms with Crippen molar-refractivity contribution in [3.63, 3.8) is 0 Å². The van der Waals surface area contributed by atoms with Gasteiger partial charge in [-0.05, 0) is 32.9 Å². The Morgan fingerprint density at radius 2 is 2.04 bits per heavy atom. The maximum atomic E-state index is 12.3. The van der Waals surface area contributed by atoms with E-state index in [-0.39, 0.29) is 18.1 Å². The van der Waals surface area contributed by atoms with Gasteiger partial charge in [-0.1, -0.05) is 23.5 Å². The summed E-state index contributed by atoms with van der Waals surface area (Å²) in [6, 6.07) is 7.69. The van der Waals surface area contributed by atoms with Gasteiger partial charge >= 0.3 is 0 Å². The van der Waals surface area contributed by atoms with Crippen molar-refractivity contribution >= 4 is 22.4 Å². The van der Waals surface area contributed by atoms with Gasteiger partial charge in [-0.25, -0.2) is 0 Å². The number of amides is 1. The van der Waals surface area contributed by atoms with Crippen molar-refractivity contribution in [2.45, 2.75) is 33.0 Å². The van der Waals surface area contributed by atoms with Crippen LogP contribution in [-0.4, -0.2) is 59.5 Å². The summed E-state index contributed by atoms with van der Waals surface area (Å²) in [5.41, 5.74) is 0.878. The minimum Gasteiger partial charge on any atom is -0.493 e. The molecule has 1 aromatic heterocycles. The lowest BCUT2D eigenvalue weighted by atomic mass is 10.2. The van der Waals surface area contributed by atoms with Crippen molar-refractivity contribution < 1.29 is 14.3 Å². The molecule has 26 heavy (non-hydrogen) atoms. The second-order valence-corrected chi connectivity index (χ2v) is 7.32. The maximum absolute atomic E-state index is 12.3. The second-order valence-electron chi connectivity index (χ2n) is 6.34. The molecule has 1 N–H and O–H groups in total. The standard InChI is InChI=1S/C18H24N4O3S/c1-4-24-15-8-6-5-7-14(15)17-20-21-18(26-17)19-16(23)11-22-9-12(2)25-13(3)10-22/h5-8,12-13H,4,9-11H2,1-3H3,(H,19,21,23)/t12-,13-/m0/s1. The van der Waals surface area contributed by atoms with Crippen LogP contribution >= 0.6 is 11.3 Å². The highest BCUT2D eigenvalue weighted by Crippen LogP contribution is 2.33. The number of nitrogens with one attached hydrogen (secondary N) is 1. The topological polar surface area (TPSA) is 76.6 Å². The van der Waals surface area contributed by atoms with Crippen LogP contribution in [0, 0.1) is 0 Å². The number of para-hydroxylation sites is 1. The zero-order chi connectivity index (χ0) is 18.5. The number of anilines is 1. The molecule has 0 spiro atoms. The van der Waals surface area contributed by atoms with Crippen LogP contribution in [-0.2, 0) is 9.53 Å². The van der Waals surface area contributed by atoms with Crippen LogP contribution in [0.2, 0.25) is 0 Å². The van der Waals surface area contributed by atoms with Gasteiger partial charge in [-0.3, -0.25) is 15.0 Å².